The first kappa shape index (κ1) is 15.0. The second kappa shape index (κ2) is 7.41. The maximum absolute atomic E-state index is 11.9. The van der Waals surface area contributed by atoms with E-state index >= 15 is 0 Å². The predicted octanol–water partition coefficient (Wildman–Crippen LogP) is 2.40. The van der Waals surface area contributed by atoms with Crippen molar-refractivity contribution in [2.75, 3.05) is 25.0 Å². The number of benzene rings is 1. The Morgan fingerprint density at radius 2 is 2.10 bits per heavy atom. The molecular weight excluding hydrogens is 252 g/mol. The van der Waals surface area contributed by atoms with Crippen molar-refractivity contribution < 1.29 is 9.53 Å². The molecule has 1 fully saturated rings. The lowest BCUT2D eigenvalue weighted by Gasteiger charge is -2.22. The third-order valence-electron chi connectivity index (χ3n) is 3.64. The Balaban J connectivity index is 1.73. The Morgan fingerprint density at radius 3 is 2.85 bits per heavy atom. The molecule has 2 rings (SSSR count). The van der Waals surface area contributed by atoms with Gasteiger partial charge in [-0.05, 0) is 57.0 Å². The summed E-state index contributed by atoms with van der Waals surface area (Å²) in [5.74, 6) is 0.0210. The van der Waals surface area contributed by atoms with Gasteiger partial charge < -0.3 is 15.4 Å². The summed E-state index contributed by atoms with van der Waals surface area (Å²) in [5, 5.41) is 6.26. The summed E-state index contributed by atoms with van der Waals surface area (Å²) >= 11 is 0. The van der Waals surface area contributed by atoms with E-state index in [9.17, 15) is 4.79 Å². The zero-order valence-electron chi connectivity index (χ0n) is 12.4. The summed E-state index contributed by atoms with van der Waals surface area (Å²) in [4.78, 5) is 11.9. The van der Waals surface area contributed by atoms with Crippen LogP contribution in [0.5, 0.6) is 0 Å². The van der Waals surface area contributed by atoms with Crippen molar-refractivity contribution in [3.8, 4) is 0 Å². The van der Waals surface area contributed by atoms with E-state index < -0.39 is 0 Å². The number of carbonyl (C=O) groups excluding carboxylic acids is 1. The van der Waals surface area contributed by atoms with Crippen LogP contribution in [-0.2, 0) is 9.53 Å². The van der Waals surface area contributed by atoms with Crippen LogP contribution in [0.25, 0.3) is 0 Å². The average molecular weight is 276 g/mol. The minimum absolute atomic E-state index is 0.0210. The van der Waals surface area contributed by atoms with Crippen molar-refractivity contribution >= 4 is 11.6 Å². The molecular formula is C16H24N2O2. The number of piperidine rings is 1. The fourth-order valence-corrected chi connectivity index (χ4v) is 2.36. The lowest BCUT2D eigenvalue weighted by atomic mass is 10.1. The fourth-order valence-electron chi connectivity index (χ4n) is 2.36. The SMILES string of the molecule is Cc1ccc(C)c(NC(=O)CCOC2CCNCC2)c1. The molecule has 0 radical (unpaired) electrons. The second-order valence-electron chi connectivity index (χ2n) is 5.44. The van der Waals surface area contributed by atoms with Crippen LogP contribution in [-0.4, -0.2) is 31.7 Å². The monoisotopic (exact) mass is 276 g/mol. The molecule has 0 bridgehead atoms. The molecule has 0 saturated carbocycles. The molecule has 1 aromatic carbocycles. The molecule has 0 aromatic heterocycles. The molecule has 1 amide bonds. The summed E-state index contributed by atoms with van der Waals surface area (Å²) in [5.41, 5.74) is 3.14. The molecule has 0 atom stereocenters. The van der Waals surface area contributed by atoms with Gasteiger partial charge in [0.25, 0.3) is 0 Å². The van der Waals surface area contributed by atoms with Gasteiger partial charge in [0.05, 0.1) is 19.1 Å². The molecule has 0 spiro atoms. The molecule has 1 aliphatic heterocycles. The molecule has 4 nitrogen and oxygen atoms in total. The fraction of sp³-hybridized carbons (Fsp3) is 0.562. The highest BCUT2D eigenvalue weighted by Crippen LogP contribution is 2.16. The quantitative estimate of drug-likeness (QED) is 0.868. The molecule has 1 aliphatic rings. The van der Waals surface area contributed by atoms with Crippen molar-refractivity contribution in [1.29, 1.82) is 0 Å². The smallest absolute Gasteiger partial charge is 0.226 e. The molecule has 20 heavy (non-hydrogen) atoms. The number of hydrogen-bond acceptors (Lipinski definition) is 3. The van der Waals surface area contributed by atoms with Crippen molar-refractivity contribution in [3.63, 3.8) is 0 Å². The maximum atomic E-state index is 11.9. The molecule has 2 N–H and O–H groups in total. The topological polar surface area (TPSA) is 50.4 Å². The Bertz CT molecular complexity index is 454. The van der Waals surface area contributed by atoms with Gasteiger partial charge in [0.1, 0.15) is 0 Å². The van der Waals surface area contributed by atoms with Gasteiger partial charge in [0, 0.05) is 5.69 Å². The first-order valence-electron chi connectivity index (χ1n) is 7.34. The van der Waals surface area contributed by atoms with E-state index in [0.717, 1.165) is 42.7 Å². The molecule has 1 aromatic rings. The molecule has 4 heteroatoms. The lowest BCUT2D eigenvalue weighted by molar-refractivity contribution is -0.117. The van der Waals surface area contributed by atoms with Crippen molar-refractivity contribution in [2.45, 2.75) is 39.2 Å². The highest BCUT2D eigenvalue weighted by molar-refractivity contribution is 5.91. The number of aryl methyl sites for hydroxylation is 2. The van der Waals surface area contributed by atoms with E-state index in [1.54, 1.807) is 0 Å². The molecule has 0 unspecified atom stereocenters. The Hall–Kier alpha value is -1.39. The third kappa shape index (κ3) is 4.62. The number of anilines is 1. The van der Waals surface area contributed by atoms with Gasteiger partial charge in [-0.15, -0.1) is 0 Å². The van der Waals surface area contributed by atoms with Gasteiger partial charge in [-0.3, -0.25) is 4.79 Å². The van der Waals surface area contributed by atoms with Crippen LogP contribution >= 0.6 is 0 Å². The van der Waals surface area contributed by atoms with E-state index in [1.807, 2.05) is 32.0 Å². The predicted molar refractivity (Wildman–Crippen MR) is 81.0 cm³/mol. The number of carbonyl (C=O) groups is 1. The Kier molecular flexibility index (Phi) is 5.56. The largest absolute Gasteiger partial charge is 0.378 e. The summed E-state index contributed by atoms with van der Waals surface area (Å²) in [6.07, 6.45) is 2.80. The summed E-state index contributed by atoms with van der Waals surface area (Å²) < 4.78 is 5.74. The lowest BCUT2D eigenvalue weighted by Crippen LogP contribution is -2.33. The van der Waals surface area contributed by atoms with Crippen LogP contribution in [0, 0.1) is 13.8 Å². The zero-order chi connectivity index (χ0) is 14.4. The van der Waals surface area contributed by atoms with E-state index in [1.165, 1.54) is 0 Å². The van der Waals surface area contributed by atoms with Gasteiger partial charge in [-0.25, -0.2) is 0 Å². The molecule has 0 aliphatic carbocycles. The number of ether oxygens (including phenoxy) is 1. The van der Waals surface area contributed by atoms with Gasteiger partial charge >= 0.3 is 0 Å². The van der Waals surface area contributed by atoms with Crippen LogP contribution in [0.3, 0.4) is 0 Å². The van der Waals surface area contributed by atoms with E-state index in [0.29, 0.717) is 19.1 Å². The van der Waals surface area contributed by atoms with Gasteiger partial charge in [0.15, 0.2) is 0 Å². The Morgan fingerprint density at radius 1 is 1.35 bits per heavy atom. The first-order chi connectivity index (χ1) is 9.65. The van der Waals surface area contributed by atoms with Crippen LogP contribution in [0.1, 0.15) is 30.4 Å². The number of hydrogen-bond donors (Lipinski definition) is 2. The molecule has 110 valence electrons. The van der Waals surface area contributed by atoms with Gasteiger partial charge in [-0.2, -0.15) is 0 Å². The Labute approximate surface area is 120 Å². The van der Waals surface area contributed by atoms with Gasteiger partial charge in [-0.1, -0.05) is 12.1 Å². The number of nitrogens with one attached hydrogen (secondary N) is 2. The van der Waals surface area contributed by atoms with Crippen LogP contribution in [0.2, 0.25) is 0 Å². The van der Waals surface area contributed by atoms with Crippen LogP contribution < -0.4 is 10.6 Å². The van der Waals surface area contributed by atoms with E-state index in [2.05, 4.69) is 10.6 Å². The first-order valence-corrected chi connectivity index (χ1v) is 7.34. The summed E-state index contributed by atoms with van der Waals surface area (Å²) in [6, 6.07) is 6.07. The number of amides is 1. The normalized spacial score (nSPS) is 16.1. The van der Waals surface area contributed by atoms with Crippen LogP contribution in [0.15, 0.2) is 18.2 Å². The average Bonchev–Trinajstić information content (AvgIpc) is 2.44. The highest BCUT2D eigenvalue weighted by atomic mass is 16.5. The molecule has 1 saturated heterocycles. The minimum Gasteiger partial charge on any atom is -0.378 e. The van der Waals surface area contributed by atoms with Crippen LogP contribution in [0.4, 0.5) is 5.69 Å². The highest BCUT2D eigenvalue weighted by Gasteiger charge is 2.13. The number of rotatable bonds is 5. The van der Waals surface area contributed by atoms with Crippen molar-refractivity contribution in [1.82, 2.24) is 5.32 Å². The van der Waals surface area contributed by atoms with Crippen molar-refractivity contribution in [3.05, 3.63) is 29.3 Å². The minimum atomic E-state index is 0.0210. The second-order valence-corrected chi connectivity index (χ2v) is 5.44. The van der Waals surface area contributed by atoms with E-state index in [4.69, 9.17) is 4.74 Å². The summed E-state index contributed by atoms with van der Waals surface area (Å²) in [7, 11) is 0. The third-order valence-corrected chi connectivity index (χ3v) is 3.64. The van der Waals surface area contributed by atoms with E-state index in [-0.39, 0.29) is 5.91 Å². The maximum Gasteiger partial charge on any atom is 0.226 e. The molecule has 1 heterocycles. The zero-order valence-corrected chi connectivity index (χ0v) is 12.4. The van der Waals surface area contributed by atoms with Crippen molar-refractivity contribution in [2.24, 2.45) is 0 Å². The van der Waals surface area contributed by atoms with Gasteiger partial charge in [0.2, 0.25) is 5.91 Å². The summed E-state index contributed by atoms with van der Waals surface area (Å²) in [6.45, 7) is 6.55. The standard InChI is InChI=1S/C16H24N2O2/c1-12-3-4-13(2)15(11-12)18-16(19)7-10-20-14-5-8-17-9-6-14/h3-4,11,14,17H,5-10H2,1-2H3,(H,18,19).